The molecule has 12 heteroatoms. The molecule has 0 spiro atoms. The zero-order valence-corrected chi connectivity index (χ0v) is 16.0. The monoisotopic (exact) mass is 404 g/mol. The fourth-order valence-electron chi connectivity index (χ4n) is 2.07. The molecule has 4 atom stereocenters. The molecule has 0 radical (unpaired) electrons. The van der Waals surface area contributed by atoms with Crippen LogP contribution < -0.4 is 21.7 Å². The Balaban J connectivity index is 4.93. The molecular formula is C16H28N4O8. The van der Waals surface area contributed by atoms with Crippen LogP contribution in [0.2, 0.25) is 0 Å². The number of aliphatic hydroxyl groups excluding tert-OH is 1. The van der Waals surface area contributed by atoms with Gasteiger partial charge in [0.25, 0.3) is 0 Å². The summed E-state index contributed by atoms with van der Waals surface area (Å²) in [5, 5.41) is 33.5. The highest BCUT2D eigenvalue weighted by atomic mass is 16.4. The second kappa shape index (κ2) is 11.9. The number of rotatable bonds is 12. The summed E-state index contributed by atoms with van der Waals surface area (Å²) in [4.78, 5) is 58.0. The Morgan fingerprint density at radius 3 is 1.89 bits per heavy atom. The molecule has 0 bridgehead atoms. The van der Waals surface area contributed by atoms with Crippen LogP contribution >= 0.6 is 0 Å². The largest absolute Gasteiger partial charge is 0.481 e. The third-order valence-corrected chi connectivity index (χ3v) is 3.79. The molecule has 3 amide bonds. The maximum absolute atomic E-state index is 12.4. The fraction of sp³-hybridized carbons (Fsp3) is 0.688. The van der Waals surface area contributed by atoms with E-state index in [4.69, 9.17) is 21.1 Å². The number of carbonyl (C=O) groups is 5. The number of amides is 3. The van der Waals surface area contributed by atoms with E-state index in [-0.39, 0.29) is 12.3 Å². The lowest BCUT2D eigenvalue weighted by Gasteiger charge is -2.25. The first-order chi connectivity index (χ1) is 12.9. The van der Waals surface area contributed by atoms with Crippen molar-refractivity contribution in [2.45, 2.75) is 57.8 Å². The topological polar surface area (TPSA) is 208 Å². The fourth-order valence-corrected chi connectivity index (χ4v) is 2.07. The van der Waals surface area contributed by atoms with Crippen molar-refractivity contribution in [3.63, 3.8) is 0 Å². The molecule has 0 rings (SSSR count). The Bertz CT molecular complexity index is 595. The lowest BCUT2D eigenvalue weighted by atomic mass is 10.0. The van der Waals surface area contributed by atoms with Gasteiger partial charge in [-0.2, -0.15) is 0 Å². The Labute approximate surface area is 161 Å². The minimum absolute atomic E-state index is 0.319. The summed E-state index contributed by atoms with van der Waals surface area (Å²) in [6, 6.07) is -4.82. The van der Waals surface area contributed by atoms with Gasteiger partial charge in [0.1, 0.15) is 24.2 Å². The highest BCUT2D eigenvalue weighted by Crippen LogP contribution is 2.04. The predicted molar refractivity (Wildman–Crippen MR) is 95.9 cm³/mol. The van der Waals surface area contributed by atoms with E-state index in [1.54, 1.807) is 13.8 Å². The number of nitrogens with one attached hydrogen (secondary N) is 3. The van der Waals surface area contributed by atoms with Gasteiger partial charge in [-0.1, -0.05) is 13.8 Å². The molecule has 0 saturated heterocycles. The molecule has 28 heavy (non-hydrogen) atoms. The second-order valence-corrected chi connectivity index (χ2v) is 6.58. The van der Waals surface area contributed by atoms with Gasteiger partial charge in [0.05, 0.1) is 6.61 Å². The lowest BCUT2D eigenvalue weighted by molar-refractivity contribution is -0.143. The van der Waals surface area contributed by atoms with E-state index >= 15 is 0 Å². The average Bonchev–Trinajstić information content (AvgIpc) is 2.60. The number of carbonyl (C=O) groups excluding carboxylic acids is 3. The molecule has 0 aromatic carbocycles. The van der Waals surface area contributed by atoms with Gasteiger partial charge in [-0.3, -0.25) is 19.2 Å². The number of carboxylic acid groups (broad SMARTS) is 2. The number of hydrogen-bond donors (Lipinski definition) is 7. The van der Waals surface area contributed by atoms with Crippen LogP contribution in [-0.4, -0.2) is 75.8 Å². The summed E-state index contributed by atoms with van der Waals surface area (Å²) >= 11 is 0. The Kier molecular flexibility index (Phi) is 10.7. The van der Waals surface area contributed by atoms with Gasteiger partial charge in [-0.25, -0.2) is 4.79 Å². The third-order valence-electron chi connectivity index (χ3n) is 3.79. The minimum atomic E-state index is -1.42. The quantitative estimate of drug-likeness (QED) is 0.181. The van der Waals surface area contributed by atoms with Crippen LogP contribution in [0.5, 0.6) is 0 Å². The van der Waals surface area contributed by atoms with Gasteiger partial charge in [-0.15, -0.1) is 0 Å². The third kappa shape index (κ3) is 8.77. The van der Waals surface area contributed by atoms with Crippen molar-refractivity contribution in [3.05, 3.63) is 0 Å². The predicted octanol–water partition coefficient (Wildman–Crippen LogP) is -2.61. The average molecular weight is 404 g/mol. The standard InChI is InChI=1S/C16H28N4O8/c1-7(2)12(20-14(25)9(17)6-21)15(26)18-8(3)13(24)19-10(16(27)28)4-5-11(22)23/h7-10,12,21H,4-6,17H2,1-3H3,(H,18,26)(H,19,24)(H,20,25)(H,22,23)(H,27,28). The molecule has 0 aliphatic rings. The van der Waals surface area contributed by atoms with Crippen molar-refractivity contribution in [3.8, 4) is 0 Å². The van der Waals surface area contributed by atoms with Crippen LogP contribution in [0.4, 0.5) is 0 Å². The highest BCUT2D eigenvalue weighted by Gasteiger charge is 2.29. The van der Waals surface area contributed by atoms with E-state index < -0.39 is 66.9 Å². The molecule has 0 aromatic rings. The maximum atomic E-state index is 12.4. The van der Waals surface area contributed by atoms with Crippen LogP contribution in [0.3, 0.4) is 0 Å². The first-order valence-electron chi connectivity index (χ1n) is 8.62. The summed E-state index contributed by atoms with van der Waals surface area (Å²) in [6.07, 6.45) is -0.772. The van der Waals surface area contributed by atoms with Crippen molar-refractivity contribution in [1.82, 2.24) is 16.0 Å². The van der Waals surface area contributed by atoms with Crippen LogP contribution in [0.15, 0.2) is 0 Å². The van der Waals surface area contributed by atoms with Crippen LogP contribution in [0.1, 0.15) is 33.6 Å². The summed E-state index contributed by atoms with van der Waals surface area (Å²) < 4.78 is 0. The lowest BCUT2D eigenvalue weighted by Crippen LogP contribution is -2.58. The minimum Gasteiger partial charge on any atom is -0.481 e. The van der Waals surface area contributed by atoms with E-state index in [1.165, 1.54) is 6.92 Å². The molecule has 0 aliphatic carbocycles. The molecule has 0 heterocycles. The first kappa shape index (κ1) is 25.3. The number of aliphatic hydroxyl groups is 1. The van der Waals surface area contributed by atoms with Crippen LogP contribution in [-0.2, 0) is 24.0 Å². The van der Waals surface area contributed by atoms with Gasteiger partial charge in [-0.05, 0) is 19.3 Å². The van der Waals surface area contributed by atoms with Crippen molar-refractivity contribution in [2.24, 2.45) is 11.7 Å². The van der Waals surface area contributed by atoms with Gasteiger partial charge in [0.2, 0.25) is 17.7 Å². The second-order valence-electron chi connectivity index (χ2n) is 6.58. The van der Waals surface area contributed by atoms with Crippen molar-refractivity contribution in [1.29, 1.82) is 0 Å². The van der Waals surface area contributed by atoms with Crippen LogP contribution in [0.25, 0.3) is 0 Å². The Morgan fingerprint density at radius 1 is 0.893 bits per heavy atom. The van der Waals surface area contributed by atoms with E-state index in [0.717, 1.165) is 0 Å². The van der Waals surface area contributed by atoms with Crippen molar-refractivity contribution in [2.75, 3.05) is 6.61 Å². The highest BCUT2D eigenvalue weighted by molar-refractivity contribution is 5.94. The summed E-state index contributed by atoms with van der Waals surface area (Å²) in [6.45, 7) is 3.99. The van der Waals surface area contributed by atoms with Gasteiger partial charge < -0.3 is 37.0 Å². The number of hydrogen-bond acceptors (Lipinski definition) is 7. The molecule has 160 valence electrons. The molecular weight excluding hydrogens is 376 g/mol. The molecule has 8 N–H and O–H groups in total. The number of aliphatic carboxylic acids is 2. The normalized spacial score (nSPS) is 15.1. The summed E-state index contributed by atoms with van der Waals surface area (Å²) in [5.41, 5.74) is 5.39. The van der Waals surface area contributed by atoms with Gasteiger partial charge >= 0.3 is 11.9 Å². The summed E-state index contributed by atoms with van der Waals surface area (Å²) in [5.74, 6) is -5.25. The maximum Gasteiger partial charge on any atom is 0.326 e. The van der Waals surface area contributed by atoms with E-state index in [2.05, 4.69) is 16.0 Å². The molecule has 0 aromatic heterocycles. The van der Waals surface area contributed by atoms with E-state index in [9.17, 15) is 24.0 Å². The number of carboxylic acids is 2. The van der Waals surface area contributed by atoms with Crippen LogP contribution in [0, 0.1) is 5.92 Å². The molecule has 12 nitrogen and oxygen atoms in total. The first-order valence-corrected chi connectivity index (χ1v) is 8.62. The Hall–Kier alpha value is -2.73. The van der Waals surface area contributed by atoms with E-state index in [1.807, 2.05) is 0 Å². The zero-order valence-electron chi connectivity index (χ0n) is 16.0. The molecule has 4 unspecified atom stereocenters. The smallest absolute Gasteiger partial charge is 0.326 e. The van der Waals surface area contributed by atoms with E-state index in [0.29, 0.717) is 0 Å². The van der Waals surface area contributed by atoms with Gasteiger partial charge in [0.15, 0.2) is 0 Å². The van der Waals surface area contributed by atoms with Gasteiger partial charge in [0, 0.05) is 6.42 Å². The SMILES string of the molecule is CC(NC(=O)C(NC(=O)C(N)CO)C(C)C)C(=O)NC(CCC(=O)O)C(=O)O. The van der Waals surface area contributed by atoms with Crippen molar-refractivity contribution < 1.29 is 39.3 Å². The number of nitrogens with two attached hydrogens (primary N) is 1. The molecule has 0 saturated carbocycles. The summed E-state index contributed by atoms with van der Waals surface area (Å²) in [7, 11) is 0. The Morgan fingerprint density at radius 2 is 1.46 bits per heavy atom. The van der Waals surface area contributed by atoms with Crippen molar-refractivity contribution >= 4 is 29.7 Å². The molecule has 0 fully saturated rings. The molecule has 0 aliphatic heterocycles. The zero-order chi connectivity index (χ0) is 22.0.